The van der Waals surface area contributed by atoms with Crippen molar-refractivity contribution in [2.45, 2.75) is 13.8 Å². The second kappa shape index (κ2) is 2.33. The van der Waals surface area contributed by atoms with Crippen LogP contribution in [0.4, 0.5) is 0 Å². The lowest BCUT2D eigenvalue weighted by atomic mass is 9.94. The summed E-state index contributed by atoms with van der Waals surface area (Å²) < 4.78 is 4.88. The van der Waals surface area contributed by atoms with Crippen molar-refractivity contribution < 1.29 is 9.53 Å². The van der Waals surface area contributed by atoms with Gasteiger partial charge in [-0.1, -0.05) is 5.47 Å². The third-order valence-electron chi connectivity index (χ3n) is 1.35. The summed E-state index contributed by atoms with van der Waals surface area (Å²) in [6.45, 7) is 3.79. The molecule has 0 saturated carbocycles. The van der Waals surface area contributed by atoms with Gasteiger partial charge in [-0.05, 0) is 19.4 Å². The molecule has 1 rings (SSSR count). The molecule has 1 heterocycles. The van der Waals surface area contributed by atoms with E-state index in [1.54, 1.807) is 0 Å². The lowest BCUT2D eigenvalue weighted by Crippen LogP contribution is -1.93. The largest absolute Gasteiger partial charge is 0.424 e. The first-order valence-corrected chi connectivity index (χ1v) is 3.19. The molecule has 2 nitrogen and oxygen atoms in total. The van der Waals surface area contributed by atoms with Crippen molar-refractivity contribution in [3.8, 4) is 0 Å². The SMILES string of the molecule is B/C(C)=C1/OC(=O)C=C1C. The maximum absolute atomic E-state index is 10.6. The van der Waals surface area contributed by atoms with Gasteiger partial charge in [0, 0.05) is 6.08 Å². The van der Waals surface area contributed by atoms with E-state index in [1.807, 2.05) is 21.7 Å². The molecule has 0 unspecified atom stereocenters. The zero-order valence-corrected chi connectivity index (χ0v) is 6.39. The van der Waals surface area contributed by atoms with E-state index < -0.39 is 0 Å². The molecule has 1 aliphatic rings. The van der Waals surface area contributed by atoms with Crippen molar-refractivity contribution in [3.05, 3.63) is 22.9 Å². The number of carbonyl (C=O) groups excluding carboxylic acids is 1. The maximum Gasteiger partial charge on any atom is 0.336 e. The minimum absolute atomic E-state index is 0.256. The third kappa shape index (κ3) is 1.13. The van der Waals surface area contributed by atoms with Gasteiger partial charge in [-0.3, -0.25) is 0 Å². The van der Waals surface area contributed by atoms with Gasteiger partial charge in [0.2, 0.25) is 0 Å². The fourth-order valence-corrected chi connectivity index (χ4v) is 0.949. The monoisotopic (exact) mass is 136 g/mol. The maximum atomic E-state index is 10.6. The zero-order chi connectivity index (χ0) is 7.72. The van der Waals surface area contributed by atoms with Gasteiger partial charge in [0.05, 0.1) is 0 Å². The van der Waals surface area contributed by atoms with Gasteiger partial charge in [-0.25, -0.2) is 4.79 Å². The van der Waals surface area contributed by atoms with Gasteiger partial charge in [-0.15, -0.1) is 0 Å². The third-order valence-corrected chi connectivity index (χ3v) is 1.35. The lowest BCUT2D eigenvalue weighted by Gasteiger charge is -2.00. The van der Waals surface area contributed by atoms with Crippen LogP contribution in [0.15, 0.2) is 22.9 Å². The molecule has 0 aromatic carbocycles. The normalized spacial score (nSPS) is 22.2. The summed E-state index contributed by atoms with van der Waals surface area (Å²) in [5.41, 5.74) is 1.96. The molecule has 0 fully saturated rings. The molecular weight excluding hydrogens is 127 g/mol. The fraction of sp³-hybridized carbons (Fsp3) is 0.286. The number of carbonyl (C=O) groups is 1. The van der Waals surface area contributed by atoms with Crippen molar-refractivity contribution in [3.63, 3.8) is 0 Å². The first kappa shape index (κ1) is 7.13. The van der Waals surface area contributed by atoms with Gasteiger partial charge in [-0.2, -0.15) is 0 Å². The first-order valence-electron chi connectivity index (χ1n) is 3.19. The van der Waals surface area contributed by atoms with Crippen LogP contribution in [0.5, 0.6) is 0 Å². The van der Waals surface area contributed by atoms with E-state index in [-0.39, 0.29) is 5.97 Å². The Hall–Kier alpha value is -0.985. The standard InChI is InChI=1S/C7H9BO2/c1-4-3-6(9)10-7(4)5(2)8/h3H,8H2,1-2H3/b7-5+. The van der Waals surface area contributed by atoms with Crippen LogP contribution in [0.2, 0.25) is 0 Å². The number of cyclic esters (lactones) is 1. The Kier molecular flexibility index (Phi) is 1.66. The number of ether oxygens (including phenoxy) is 1. The van der Waals surface area contributed by atoms with Crippen LogP contribution in [0.1, 0.15) is 13.8 Å². The topological polar surface area (TPSA) is 26.3 Å². The highest BCUT2D eigenvalue weighted by atomic mass is 16.5. The van der Waals surface area contributed by atoms with Gasteiger partial charge in [0.1, 0.15) is 13.6 Å². The van der Waals surface area contributed by atoms with E-state index in [0.717, 1.165) is 16.8 Å². The summed E-state index contributed by atoms with van der Waals surface area (Å²) in [5, 5.41) is 0. The Labute approximate surface area is 61.0 Å². The molecule has 0 radical (unpaired) electrons. The summed E-state index contributed by atoms with van der Waals surface area (Å²) >= 11 is 0. The van der Waals surface area contributed by atoms with Crippen LogP contribution in [-0.4, -0.2) is 13.8 Å². The predicted molar refractivity (Wildman–Crippen MR) is 41.1 cm³/mol. The van der Waals surface area contributed by atoms with E-state index in [4.69, 9.17) is 4.74 Å². The van der Waals surface area contributed by atoms with Crippen molar-refractivity contribution in [1.82, 2.24) is 0 Å². The minimum Gasteiger partial charge on any atom is -0.424 e. The minimum atomic E-state index is -0.256. The molecule has 0 aliphatic carbocycles. The Bertz CT molecular complexity index is 234. The Morgan fingerprint density at radius 1 is 1.70 bits per heavy atom. The first-order chi connectivity index (χ1) is 4.61. The Balaban J connectivity index is 2.99. The molecule has 52 valence electrons. The van der Waals surface area contributed by atoms with Crippen LogP contribution in [0.3, 0.4) is 0 Å². The average Bonchev–Trinajstić information content (AvgIpc) is 2.10. The molecule has 10 heavy (non-hydrogen) atoms. The second-order valence-corrected chi connectivity index (χ2v) is 2.58. The molecule has 0 saturated heterocycles. The van der Waals surface area contributed by atoms with Crippen molar-refractivity contribution in [2.75, 3.05) is 0 Å². The number of hydrogen-bond acceptors (Lipinski definition) is 2. The number of hydrogen-bond donors (Lipinski definition) is 0. The highest BCUT2D eigenvalue weighted by molar-refractivity contribution is 6.22. The molecule has 0 spiro atoms. The average molecular weight is 136 g/mol. The predicted octanol–water partition coefficient (Wildman–Crippen LogP) is 0.354. The number of rotatable bonds is 0. The highest BCUT2D eigenvalue weighted by Gasteiger charge is 2.16. The van der Waals surface area contributed by atoms with Crippen LogP contribution in [-0.2, 0) is 9.53 Å². The number of esters is 1. The molecule has 0 aromatic heterocycles. The highest BCUT2D eigenvalue weighted by Crippen LogP contribution is 2.20. The molecule has 0 N–H and O–H groups in total. The van der Waals surface area contributed by atoms with Gasteiger partial charge >= 0.3 is 5.97 Å². The van der Waals surface area contributed by atoms with Crippen LogP contribution < -0.4 is 0 Å². The Morgan fingerprint density at radius 3 is 2.50 bits per heavy atom. The molecule has 3 heteroatoms. The molecular formula is C7H9BO2. The van der Waals surface area contributed by atoms with E-state index >= 15 is 0 Å². The summed E-state index contributed by atoms with van der Waals surface area (Å²) in [5.74, 6) is 0.471. The van der Waals surface area contributed by atoms with E-state index in [1.165, 1.54) is 6.08 Å². The van der Waals surface area contributed by atoms with E-state index in [0.29, 0.717) is 0 Å². The van der Waals surface area contributed by atoms with Crippen molar-refractivity contribution >= 4 is 13.8 Å². The molecule has 1 aliphatic heterocycles. The molecule has 0 bridgehead atoms. The molecule has 0 aromatic rings. The van der Waals surface area contributed by atoms with Crippen LogP contribution in [0.25, 0.3) is 0 Å². The van der Waals surface area contributed by atoms with Crippen molar-refractivity contribution in [2.24, 2.45) is 0 Å². The van der Waals surface area contributed by atoms with Crippen LogP contribution >= 0.6 is 0 Å². The van der Waals surface area contributed by atoms with E-state index in [2.05, 4.69) is 0 Å². The summed E-state index contributed by atoms with van der Waals surface area (Å²) in [4.78, 5) is 10.6. The van der Waals surface area contributed by atoms with E-state index in [9.17, 15) is 4.79 Å². The van der Waals surface area contributed by atoms with Gasteiger partial charge in [0.25, 0.3) is 0 Å². The van der Waals surface area contributed by atoms with Crippen LogP contribution in [0, 0.1) is 0 Å². The fourth-order valence-electron chi connectivity index (χ4n) is 0.949. The smallest absolute Gasteiger partial charge is 0.336 e. The number of allylic oxidation sites excluding steroid dienone is 2. The Morgan fingerprint density at radius 2 is 2.30 bits per heavy atom. The molecule has 0 atom stereocenters. The summed E-state index contributed by atoms with van der Waals surface area (Å²) in [6, 6.07) is 0. The van der Waals surface area contributed by atoms with Gasteiger partial charge < -0.3 is 4.74 Å². The summed E-state index contributed by atoms with van der Waals surface area (Å²) in [6.07, 6.45) is 1.50. The van der Waals surface area contributed by atoms with Crippen molar-refractivity contribution in [1.29, 1.82) is 0 Å². The second-order valence-electron chi connectivity index (χ2n) is 2.58. The lowest BCUT2D eigenvalue weighted by molar-refractivity contribution is -0.132. The zero-order valence-electron chi connectivity index (χ0n) is 6.39. The quantitative estimate of drug-likeness (QED) is 0.354. The van der Waals surface area contributed by atoms with Gasteiger partial charge in [0.15, 0.2) is 0 Å². The summed E-state index contributed by atoms with van der Waals surface area (Å²) in [7, 11) is 1.92. The molecule has 0 amide bonds.